The van der Waals surface area contributed by atoms with Gasteiger partial charge in [0.25, 0.3) is 0 Å². The van der Waals surface area contributed by atoms with Gasteiger partial charge in [-0.15, -0.1) is 0 Å². The Labute approximate surface area is 117 Å². The molecule has 4 nitrogen and oxygen atoms in total. The normalized spacial score (nSPS) is 14.2. The van der Waals surface area contributed by atoms with E-state index in [2.05, 4.69) is 0 Å². The first-order chi connectivity index (χ1) is 9.06. The molecule has 102 valence electrons. The highest BCUT2D eigenvalue weighted by molar-refractivity contribution is 6.31. The van der Waals surface area contributed by atoms with Crippen LogP contribution in [0.1, 0.15) is 18.4 Å². The SMILES string of the molecule is O=C(O)CN(CC1CC1)C(=O)Cc1ccccc1Cl. The zero-order chi connectivity index (χ0) is 13.8. The first kappa shape index (κ1) is 13.9. The molecule has 0 bridgehead atoms. The van der Waals surface area contributed by atoms with Gasteiger partial charge in [0.1, 0.15) is 6.54 Å². The molecule has 1 saturated carbocycles. The minimum Gasteiger partial charge on any atom is -0.480 e. The largest absolute Gasteiger partial charge is 0.480 e. The molecule has 2 rings (SSSR count). The molecule has 1 aliphatic carbocycles. The van der Waals surface area contributed by atoms with E-state index in [1.807, 2.05) is 6.07 Å². The van der Waals surface area contributed by atoms with E-state index in [9.17, 15) is 9.59 Å². The molecule has 0 unspecified atom stereocenters. The highest BCUT2D eigenvalue weighted by atomic mass is 35.5. The van der Waals surface area contributed by atoms with Gasteiger partial charge in [0.15, 0.2) is 0 Å². The van der Waals surface area contributed by atoms with E-state index in [1.54, 1.807) is 18.2 Å². The van der Waals surface area contributed by atoms with Crippen LogP contribution in [0.4, 0.5) is 0 Å². The number of hydrogen-bond donors (Lipinski definition) is 1. The molecular weight excluding hydrogens is 266 g/mol. The Morgan fingerprint density at radius 3 is 2.58 bits per heavy atom. The van der Waals surface area contributed by atoms with Gasteiger partial charge >= 0.3 is 5.97 Å². The summed E-state index contributed by atoms with van der Waals surface area (Å²) in [6.45, 7) is 0.301. The number of rotatable bonds is 6. The quantitative estimate of drug-likeness (QED) is 0.870. The van der Waals surface area contributed by atoms with Crippen LogP contribution in [-0.4, -0.2) is 35.0 Å². The second-order valence-electron chi connectivity index (χ2n) is 4.88. The zero-order valence-corrected chi connectivity index (χ0v) is 11.3. The average molecular weight is 282 g/mol. The van der Waals surface area contributed by atoms with Crippen molar-refractivity contribution in [2.75, 3.05) is 13.1 Å². The number of amides is 1. The van der Waals surface area contributed by atoms with E-state index in [-0.39, 0.29) is 18.9 Å². The Bertz CT molecular complexity index is 485. The number of hydrogen-bond acceptors (Lipinski definition) is 2. The molecule has 19 heavy (non-hydrogen) atoms. The van der Waals surface area contributed by atoms with Crippen LogP contribution in [0.25, 0.3) is 0 Å². The predicted octanol–water partition coefficient (Wildman–Crippen LogP) is 2.21. The number of carboxylic acid groups (broad SMARTS) is 1. The average Bonchev–Trinajstić information content (AvgIpc) is 3.14. The molecule has 0 atom stereocenters. The number of carbonyl (C=O) groups is 2. The van der Waals surface area contributed by atoms with Crippen molar-refractivity contribution in [3.05, 3.63) is 34.9 Å². The second-order valence-corrected chi connectivity index (χ2v) is 5.29. The fourth-order valence-electron chi connectivity index (χ4n) is 1.95. The molecule has 1 aliphatic rings. The van der Waals surface area contributed by atoms with Crippen molar-refractivity contribution in [1.82, 2.24) is 4.90 Å². The lowest BCUT2D eigenvalue weighted by molar-refractivity contribution is -0.144. The summed E-state index contributed by atoms with van der Waals surface area (Å²) in [7, 11) is 0. The minimum absolute atomic E-state index is 0.152. The molecule has 1 N–H and O–H groups in total. The van der Waals surface area contributed by atoms with Crippen molar-refractivity contribution in [1.29, 1.82) is 0 Å². The number of benzene rings is 1. The summed E-state index contributed by atoms with van der Waals surface area (Å²) in [5, 5.41) is 9.41. The number of aliphatic carboxylic acids is 1. The highest BCUT2D eigenvalue weighted by Crippen LogP contribution is 2.30. The summed E-state index contributed by atoms with van der Waals surface area (Å²) in [5.74, 6) is -0.690. The third-order valence-corrected chi connectivity index (χ3v) is 3.52. The van der Waals surface area contributed by atoms with Crippen LogP contribution in [0.2, 0.25) is 5.02 Å². The zero-order valence-electron chi connectivity index (χ0n) is 10.5. The molecule has 0 heterocycles. The second kappa shape index (κ2) is 6.06. The smallest absolute Gasteiger partial charge is 0.323 e. The van der Waals surface area contributed by atoms with Crippen LogP contribution in [0.5, 0.6) is 0 Å². The highest BCUT2D eigenvalue weighted by Gasteiger charge is 2.28. The molecule has 0 spiro atoms. The van der Waals surface area contributed by atoms with Crippen molar-refractivity contribution >= 4 is 23.5 Å². The predicted molar refractivity (Wildman–Crippen MR) is 72.1 cm³/mol. The Morgan fingerprint density at radius 1 is 1.32 bits per heavy atom. The first-order valence-corrected chi connectivity index (χ1v) is 6.67. The van der Waals surface area contributed by atoms with E-state index < -0.39 is 5.97 Å². The van der Waals surface area contributed by atoms with Crippen LogP contribution in [0.15, 0.2) is 24.3 Å². The van der Waals surface area contributed by atoms with Gasteiger partial charge in [-0.1, -0.05) is 29.8 Å². The van der Waals surface area contributed by atoms with Gasteiger partial charge in [0, 0.05) is 11.6 Å². The lowest BCUT2D eigenvalue weighted by atomic mass is 10.1. The number of nitrogens with zero attached hydrogens (tertiary/aromatic N) is 1. The Hall–Kier alpha value is -1.55. The molecule has 1 fully saturated rings. The Balaban J connectivity index is 2.01. The lowest BCUT2D eigenvalue weighted by Crippen LogP contribution is -2.38. The molecular formula is C14H16ClNO3. The van der Waals surface area contributed by atoms with Crippen molar-refractivity contribution < 1.29 is 14.7 Å². The number of carboxylic acids is 1. The molecule has 0 saturated heterocycles. The van der Waals surface area contributed by atoms with Gasteiger partial charge in [0.2, 0.25) is 5.91 Å². The molecule has 0 radical (unpaired) electrons. The van der Waals surface area contributed by atoms with Crippen LogP contribution >= 0.6 is 11.6 Å². The van der Waals surface area contributed by atoms with Crippen LogP contribution < -0.4 is 0 Å². The maximum absolute atomic E-state index is 12.2. The fraction of sp³-hybridized carbons (Fsp3) is 0.429. The van der Waals surface area contributed by atoms with Gasteiger partial charge < -0.3 is 10.0 Å². The van der Waals surface area contributed by atoms with Gasteiger partial charge in [-0.05, 0) is 30.4 Å². The van der Waals surface area contributed by atoms with Crippen LogP contribution in [0.3, 0.4) is 0 Å². The molecule has 5 heteroatoms. The van der Waals surface area contributed by atoms with Crippen molar-refractivity contribution in [3.63, 3.8) is 0 Å². The third-order valence-electron chi connectivity index (χ3n) is 3.15. The fourth-order valence-corrected chi connectivity index (χ4v) is 2.15. The summed E-state index contributed by atoms with van der Waals surface area (Å²) in [4.78, 5) is 24.4. The van der Waals surface area contributed by atoms with E-state index >= 15 is 0 Å². The van der Waals surface area contributed by atoms with E-state index in [0.29, 0.717) is 17.5 Å². The van der Waals surface area contributed by atoms with Gasteiger partial charge in [-0.3, -0.25) is 9.59 Å². The van der Waals surface area contributed by atoms with E-state index in [1.165, 1.54) is 4.90 Å². The van der Waals surface area contributed by atoms with Crippen LogP contribution in [-0.2, 0) is 16.0 Å². The summed E-state index contributed by atoms with van der Waals surface area (Å²) >= 11 is 6.01. The molecule has 1 aromatic rings. The van der Waals surface area contributed by atoms with Crippen molar-refractivity contribution in [2.45, 2.75) is 19.3 Å². The van der Waals surface area contributed by atoms with Crippen molar-refractivity contribution in [2.24, 2.45) is 5.92 Å². The number of carbonyl (C=O) groups excluding carboxylic acids is 1. The van der Waals surface area contributed by atoms with Crippen LogP contribution in [0, 0.1) is 5.92 Å². The van der Waals surface area contributed by atoms with E-state index in [0.717, 1.165) is 18.4 Å². The summed E-state index contributed by atoms with van der Waals surface area (Å²) in [5.41, 5.74) is 0.736. The summed E-state index contributed by atoms with van der Waals surface area (Å²) in [6.07, 6.45) is 2.31. The monoisotopic (exact) mass is 281 g/mol. The van der Waals surface area contributed by atoms with E-state index in [4.69, 9.17) is 16.7 Å². The van der Waals surface area contributed by atoms with Crippen molar-refractivity contribution in [3.8, 4) is 0 Å². The standard InChI is InChI=1S/C14H16ClNO3/c15-12-4-2-1-3-11(12)7-13(17)16(9-14(18)19)8-10-5-6-10/h1-4,10H,5-9H2,(H,18,19). The first-order valence-electron chi connectivity index (χ1n) is 6.29. The molecule has 0 aliphatic heterocycles. The maximum Gasteiger partial charge on any atom is 0.323 e. The van der Waals surface area contributed by atoms with Gasteiger partial charge in [-0.2, -0.15) is 0 Å². The molecule has 1 amide bonds. The maximum atomic E-state index is 12.2. The Morgan fingerprint density at radius 2 is 2.00 bits per heavy atom. The summed E-state index contributed by atoms with van der Waals surface area (Å²) < 4.78 is 0. The molecule has 0 aromatic heterocycles. The van der Waals surface area contributed by atoms with Gasteiger partial charge in [0.05, 0.1) is 6.42 Å². The molecule has 1 aromatic carbocycles. The minimum atomic E-state index is -0.979. The summed E-state index contributed by atoms with van der Waals surface area (Å²) in [6, 6.07) is 7.13. The van der Waals surface area contributed by atoms with Gasteiger partial charge in [-0.25, -0.2) is 0 Å². The third kappa shape index (κ3) is 4.24. The topological polar surface area (TPSA) is 57.6 Å². The Kier molecular flexibility index (Phi) is 4.43. The number of halogens is 1. The lowest BCUT2D eigenvalue weighted by Gasteiger charge is -2.20.